The van der Waals surface area contributed by atoms with Crippen LogP contribution in [0.4, 0.5) is 0 Å². The molecule has 0 amide bonds. The lowest BCUT2D eigenvalue weighted by molar-refractivity contribution is -0.305. The van der Waals surface area contributed by atoms with E-state index in [2.05, 4.69) is 19.9 Å². The number of aliphatic hydroxyl groups excluding tert-OH is 4. The molecule has 328 valence electrons. The van der Waals surface area contributed by atoms with E-state index in [0.29, 0.717) is 12.8 Å². The maximum Gasteiger partial charge on any atom is 0.306 e. The topological polar surface area (TPSA) is 152 Å². The van der Waals surface area contributed by atoms with Crippen LogP contribution in [0.1, 0.15) is 168 Å². The third-order valence-corrected chi connectivity index (χ3v) is 10.0. The Bertz CT molecular complexity index is 1110. The number of allylic oxidation sites excluding steroid dienone is 10. The molecule has 57 heavy (non-hydrogen) atoms. The number of unbranched alkanes of at least 4 members (excludes halogenated alkanes) is 19. The molecular formula is C47H80O10. The number of aliphatic hydroxyl groups is 4. The van der Waals surface area contributed by atoms with Crippen LogP contribution in [-0.4, -0.2) is 89.0 Å². The quantitative estimate of drug-likeness (QED) is 0.0274. The third kappa shape index (κ3) is 29.3. The first-order valence-electron chi connectivity index (χ1n) is 22.4. The van der Waals surface area contributed by atoms with Gasteiger partial charge in [-0.1, -0.05) is 190 Å². The van der Waals surface area contributed by atoms with Crippen molar-refractivity contribution in [1.29, 1.82) is 0 Å². The van der Waals surface area contributed by atoms with Gasteiger partial charge >= 0.3 is 11.9 Å². The summed E-state index contributed by atoms with van der Waals surface area (Å²) < 4.78 is 22.1. The highest BCUT2D eigenvalue weighted by molar-refractivity contribution is 5.70. The van der Waals surface area contributed by atoms with Crippen molar-refractivity contribution in [1.82, 2.24) is 0 Å². The fourth-order valence-electron chi connectivity index (χ4n) is 6.51. The minimum atomic E-state index is -1.61. The second-order valence-corrected chi connectivity index (χ2v) is 15.3. The highest BCUT2D eigenvalue weighted by Gasteiger charge is 2.44. The monoisotopic (exact) mass is 805 g/mol. The van der Waals surface area contributed by atoms with Crippen molar-refractivity contribution in [3.05, 3.63) is 60.8 Å². The molecule has 10 nitrogen and oxygen atoms in total. The number of ether oxygens (including phenoxy) is 4. The van der Waals surface area contributed by atoms with E-state index < -0.39 is 55.4 Å². The second kappa shape index (κ2) is 37.7. The highest BCUT2D eigenvalue weighted by atomic mass is 16.7. The first-order chi connectivity index (χ1) is 27.8. The molecule has 1 rings (SSSR count). The van der Waals surface area contributed by atoms with Crippen molar-refractivity contribution in [2.45, 2.75) is 205 Å². The van der Waals surface area contributed by atoms with Crippen LogP contribution >= 0.6 is 0 Å². The Kier molecular flexibility index (Phi) is 34.6. The molecule has 0 spiro atoms. The molecule has 6 atom stereocenters. The van der Waals surface area contributed by atoms with E-state index in [1.54, 1.807) is 0 Å². The van der Waals surface area contributed by atoms with Gasteiger partial charge in [0.05, 0.1) is 13.2 Å². The standard InChI is InChI=1S/C47H80O10/c1-3-5-7-9-11-13-15-17-18-19-20-21-22-24-25-27-29-31-33-35-42(49)54-38-40(39-55-47-46(53)45(52)44(51)41(37-48)57-47)56-43(50)36-34-32-30-28-26-23-16-14-12-10-8-6-4-2/h6,8,10,12,14,16,23,26,28,30,40-41,44-48,51-53H,3-5,7,9,11,13,15,17-22,24-25,27,29,31-39H2,1-2H3/b8-6+,12-10+,16-14+,26-23+,30-28+/t40?,41-,44+,45?,46?,47-/m0/s1. The zero-order valence-electron chi connectivity index (χ0n) is 35.6. The van der Waals surface area contributed by atoms with Crippen LogP contribution in [0.25, 0.3) is 0 Å². The maximum atomic E-state index is 12.7. The van der Waals surface area contributed by atoms with E-state index in [4.69, 9.17) is 18.9 Å². The van der Waals surface area contributed by atoms with Gasteiger partial charge in [0.25, 0.3) is 0 Å². The second-order valence-electron chi connectivity index (χ2n) is 15.3. The summed E-state index contributed by atoms with van der Waals surface area (Å²) in [6.45, 7) is 3.21. The minimum absolute atomic E-state index is 0.133. The molecule has 0 aromatic rings. The zero-order valence-corrected chi connectivity index (χ0v) is 35.6. The Morgan fingerprint density at radius 1 is 0.561 bits per heavy atom. The molecule has 0 saturated carbocycles. The third-order valence-electron chi connectivity index (χ3n) is 10.0. The van der Waals surface area contributed by atoms with Gasteiger partial charge in [-0.15, -0.1) is 0 Å². The van der Waals surface area contributed by atoms with Gasteiger partial charge in [0.1, 0.15) is 31.0 Å². The molecule has 0 aromatic heterocycles. The van der Waals surface area contributed by atoms with E-state index in [1.165, 1.54) is 103 Å². The summed E-state index contributed by atoms with van der Waals surface area (Å²) in [5.41, 5.74) is 0. The van der Waals surface area contributed by atoms with Crippen LogP contribution in [0.5, 0.6) is 0 Å². The molecule has 1 fully saturated rings. The summed E-state index contributed by atoms with van der Waals surface area (Å²) in [5, 5.41) is 40.0. The average molecular weight is 805 g/mol. The Hall–Kier alpha value is -2.60. The van der Waals surface area contributed by atoms with Gasteiger partial charge in [-0.25, -0.2) is 0 Å². The highest BCUT2D eigenvalue weighted by Crippen LogP contribution is 2.22. The number of carbonyl (C=O) groups excluding carboxylic acids is 2. The number of esters is 2. The Morgan fingerprint density at radius 3 is 1.54 bits per heavy atom. The molecule has 3 unspecified atom stereocenters. The van der Waals surface area contributed by atoms with Crippen LogP contribution in [0.3, 0.4) is 0 Å². The van der Waals surface area contributed by atoms with Crippen molar-refractivity contribution >= 4 is 11.9 Å². The predicted molar refractivity (Wildman–Crippen MR) is 228 cm³/mol. The molecule has 0 radical (unpaired) electrons. The molecule has 1 aliphatic heterocycles. The van der Waals surface area contributed by atoms with Gasteiger partial charge in [-0.05, 0) is 25.7 Å². The number of carbonyl (C=O) groups is 2. The fourth-order valence-corrected chi connectivity index (χ4v) is 6.51. The summed E-state index contributed by atoms with van der Waals surface area (Å²) in [6, 6.07) is 0. The average Bonchev–Trinajstić information content (AvgIpc) is 3.21. The smallest absolute Gasteiger partial charge is 0.306 e. The molecular weight excluding hydrogens is 725 g/mol. The van der Waals surface area contributed by atoms with E-state index in [9.17, 15) is 30.0 Å². The van der Waals surface area contributed by atoms with Crippen molar-refractivity contribution in [2.24, 2.45) is 0 Å². The van der Waals surface area contributed by atoms with E-state index in [0.717, 1.165) is 25.7 Å². The van der Waals surface area contributed by atoms with Gasteiger partial charge in [0, 0.05) is 12.8 Å². The molecule has 4 N–H and O–H groups in total. The SMILES string of the molecule is CC/C=C/C=C/C=C/C=C/C=C/CCCC(=O)OC(COC(=O)CCCCCCCCCCCCCCCCCCCCC)CO[C@H]1O[C@@H](CO)[C@@H](O)C(O)C1O. The van der Waals surface area contributed by atoms with Crippen LogP contribution < -0.4 is 0 Å². The lowest BCUT2D eigenvalue weighted by atomic mass is 9.99. The summed E-state index contributed by atoms with van der Waals surface area (Å²) in [6.07, 6.45) is 38.2. The Balaban J connectivity index is 2.34. The van der Waals surface area contributed by atoms with Crippen molar-refractivity contribution in [3.8, 4) is 0 Å². The minimum Gasteiger partial charge on any atom is -0.462 e. The lowest BCUT2D eigenvalue weighted by Crippen LogP contribution is -2.59. The van der Waals surface area contributed by atoms with Gasteiger partial charge in [0.2, 0.25) is 0 Å². The number of hydrogen-bond donors (Lipinski definition) is 4. The molecule has 0 aliphatic carbocycles. The first kappa shape index (κ1) is 52.4. The summed E-state index contributed by atoms with van der Waals surface area (Å²) in [5.74, 6) is -0.892. The van der Waals surface area contributed by atoms with Gasteiger partial charge in [-0.2, -0.15) is 0 Å². The molecule has 10 heteroatoms. The van der Waals surface area contributed by atoms with Crippen LogP contribution in [0, 0.1) is 0 Å². The van der Waals surface area contributed by atoms with Crippen LogP contribution in [-0.2, 0) is 28.5 Å². The lowest BCUT2D eigenvalue weighted by Gasteiger charge is -2.39. The first-order valence-corrected chi connectivity index (χ1v) is 22.4. The molecule has 0 aromatic carbocycles. The van der Waals surface area contributed by atoms with Gasteiger partial charge in [0.15, 0.2) is 12.4 Å². The number of rotatable bonds is 36. The largest absolute Gasteiger partial charge is 0.462 e. The molecule has 1 saturated heterocycles. The van der Waals surface area contributed by atoms with Crippen LogP contribution in [0.2, 0.25) is 0 Å². The summed E-state index contributed by atoms with van der Waals surface area (Å²) in [4.78, 5) is 25.3. The van der Waals surface area contributed by atoms with Crippen molar-refractivity contribution in [2.75, 3.05) is 19.8 Å². The van der Waals surface area contributed by atoms with Gasteiger partial charge < -0.3 is 39.4 Å². The Morgan fingerprint density at radius 2 is 1.04 bits per heavy atom. The fraction of sp³-hybridized carbons (Fsp3) is 0.745. The van der Waals surface area contributed by atoms with E-state index in [1.807, 2.05) is 54.7 Å². The van der Waals surface area contributed by atoms with Crippen molar-refractivity contribution < 1.29 is 49.0 Å². The predicted octanol–water partition coefficient (Wildman–Crippen LogP) is 9.44. The Labute approximate surface area is 345 Å². The summed E-state index contributed by atoms with van der Waals surface area (Å²) in [7, 11) is 0. The molecule has 1 aliphatic rings. The normalized spacial score (nSPS) is 20.8. The molecule has 1 heterocycles. The zero-order chi connectivity index (χ0) is 41.6. The van der Waals surface area contributed by atoms with Gasteiger partial charge in [-0.3, -0.25) is 9.59 Å². The summed E-state index contributed by atoms with van der Waals surface area (Å²) >= 11 is 0. The van der Waals surface area contributed by atoms with Crippen molar-refractivity contribution in [3.63, 3.8) is 0 Å². The van der Waals surface area contributed by atoms with Crippen LogP contribution in [0.15, 0.2) is 60.8 Å². The van der Waals surface area contributed by atoms with E-state index >= 15 is 0 Å². The maximum absolute atomic E-state index is 12.7. The molecule has 0 bridgehead atoms. The number of hydrogen-bond acceptors (Lipinski definition) is 10. The van der Waals surface area contributed by atoms with E-state index in [-0.39, 0.29) is 26.1 Å².